The highest BCUT2D eigenvalue weighted by atomic mass is 32.1. The Labute approximate surface area is 165 Å². The maximum absolute atomic E-state index is 12.9. The molecule has 1 heterocycles. The minimum atomic E-state index is -4.39. The van der Waals surface area contributed by atoms with Gasteiger partial charge in [0.25, 0.3) is 0 Å². The van der Waals surface area contributed by atoms with Gasteiger partial charge >= 0.3 is 6.18 Å². The van der Waals surface area contributed by atoms with Crippen LogP contribution in [-0.4, -0.2) is 10.0 Å². The van der Waals surface area contributed by atoms with Crippen molar-refractivity contribution in [2.24, 2.45) is 0 Å². The number of anilines is 1. The topological polar surface area (TPSA) is 15.3 Å². The van der Waals surface area contributed by atoms with E-state index in [1.807, 2.05) is 52.7 Å². The third kappa shape index (κ3) is 5.55. The van der Waals surface area contributed by atoms with Crippen LogP contribution >= 0.6 is 23.6 Å². The normalized spacial score (nSPS) is 11.2. The summed E-state index contributed by atoms with van der Waals surface area (Å²) in [5.74, 6) is 0. The lowest BCUT2D eigenvalue weighted by molar-refractivity contribution is -0.137. The highest BCUT2D eigenvalue weighted by Gasteiger charge is 2.30. The lowest BCUT2D eigenvalue weighted by Gasteiger charge is -2.26. The summed E-state index contributed by atoms with van der Waals surface area (Å²) in [6.45, 7) is 1.14. The van der Waals surface area contributed by atoms with Crippen LogP contribution in [-0.2, 0) is 19.3 Å². The molecule has 0 unspecified atom stereocenters. The van der Waals surface area contributed by atoms with Gasteiger partial charge in [-0.15, -0.1) is 11.3 Å². The van der Waals surface area contributed by atoms with Crippen molar-refractivity contribution in [3.8, 4) is 0 Å². The van der Waals surface area contributed by atoms with Gasteiger partial charge in [0.05, 0.1) is 12.1 Å². The first-order valence-corrected chi connectivity index (χ1v) is 9.50. The number of hydrogen-bond donors (Lipinski definition) is 1. The van der Waals surface area contributed by atoms with Crippen LogP contribution in [0.3, 0.4) is 0 Å². The van der Waals surface area contributed by atoms with E-state index < -0.39 is 11.7 Å². The second kappa shape index (κ2) is 8.54. The zero-order valence-electron chi connectivity index (χ0n) is 14.2. The molecule has 3 rings (SSSR count). The van der Waals surface area contributed by atoms with Gasteiger partial charge in [0.2, 0.25) is 0 Å². The van der Waals surface area contributed by atoms with Crippen molar-refractivity contribution in [2.75, 3.05) is 5.32 Å². The Balaban J connectivity index is 1.78. The van der Waals surface area contributed by atoms with Crippen LogP contribution in [0.25, 0.3) is 0 Å². The van der Waals surface area contributed by atoms with Gasteiger partial charge in [0, 0.05) is 17.1 Å². The SMILES string of the molecule is FC(F)(F)c1cccc(NC(=S)N(Cc2ccccc2)Cc2cccs2)c1. The Kier molecular flexibility index (Phi) is 6.13. The van der Waals surface area contributed by atoms with Crippen molar-refractivity contribution < 1.29 is 13.2 Å². The fourth-order valence-corrected chi connectivity index (χ4v) is 3.54. The van der Waals surface area contributed by atoms with Gasteiger partial charge in [-0.2, -0.15) is 13.2 Å². The Morgan fingerprint density at radius 2 is 1.74 bits per heavy atom. The molecule has 3 aromatic rings. The number of thiophene rings is 1. The first-order chi connectivity index (χ1) is 12.9. The predicted molar refractivity (Wildman–Crippen MR) is 108 cm³/mol. The average Bonchev–Trinajstić information content (AvgIpc) is 3.15. The second-order valence-corrected chi connectivity index (χ2v) is 7.35. The minimum absolute atomic E-state index is 0.319. The maximum atomic E-state index is 12.9. The van der Waals surface area contributed by atoms with E-state index in [1.54, 1.807) is 17.4 Å². The number of halogens is 3. The summed E-state index contributed by atoms with van der Waals surface area (Å²) < 4.78 is 38.8. The molecule has 0 saturated heterocycles. The van der Waals surface area contributed by atoms with Crippen LogP contribution in [0, 0.1) is 0 Å². The number of thiocarbonyl (C=S) groups is 1. The van der Waals surface area contributed by atoms with Crippen molar-refractivity contribution in [3.63, 3.8) is 0 Å². The van der Waals surface area contributed by atoms with Gasteiger partial charge in [0.1, 0.15) is 0 Å². The van der Waals surface area contributed by atoms with Crippen LogP contribution in [0.15, 0.2) is 72.1 Å². The standard InChI is InChI=1S/C20H17F3N2S2/c21-20(22,23)16-8-4-9-17(12-16)24-19(26)25(14-18-10-5-11-27-18)13-15-6-2-1-3-7-15/h1-12H,13-14H2,(H,24,26). The third-order valence-corrected chi connectivity index (χ3v) is 5.09. The first kappa shape index (κ1) is 19.4. The van der Waals surface area contributed by atoms with Crippen molar-refractivity contribution in [1.82, 2.24) is 4.90 Å². The summed E-state index contributed by atoms with van der Waals surface area (Å²) in [6.07, 6.45) is -4.39. The Morgan fingerprint density at radius 3 is 2.41 bits per heavy atom. The molecule has 1 aromatic heterocycles. The Hall–Kier alpha value is -2.38. The molecule has 0 spiro atoms. The van der Waals surface area contributed by atoms with E-state index in [4.69, 9.17) is 12.2 Å². The summed E-state index contributed by atoms with van der Waals surface area (Å²) in [7, 11) is 0. The molecule has 0 amide bonds. The van der Waals surface area contributed by atoms with Crippen molar-refractivity contribution >= 4 is 34.4 Å². The summed E-state index contributed by atoms with van der Waals surface area (Å²) in [4.78, 5) is 3.07. The zero-order chi connectivity index (χ0) is 19.3. The van der Waals surface area contributed by atoms with E-state index in [2.05, 4.69) is 5.32 Å². The largest absolute Gasteiger partial charge is 0.416 e. The molecule has 0 aliphatic carbocycles. The fourth-order valence-electron chi connectivity index (χ4n) is 2.57. The van der Waals surface area contributed by atoms with Crippen LogP contribution in [0.5, 0.6) is 0 Å². The van der Waals surface area contributed by atoms with Gasteiger partial charge in [-0.3, -0.25) is 0 Å². The Morgan fingerprint density at radius 1 is 0.963 bits per heavy atom. The number of nitrogens with one attached hydrogen (secondary N) is 1. The molecule has 0 saturated carbocycles. The molecule has 0 bridgehead atoms. The summed E-state index contributed by atoms with van der Waals surface area (Å²) in [6, 6.07) is 18.8. The monoisotopic (exact) mass is 406 g/mol. The minimum Gasteiger partial charge on any atom is -0.340 e. The number of nitrogens with zero attached hydrogens (tertiary/aromatic N) is 1. The van der Waals surface area contributed by atoms with Crippen molar-refractivity contribution in [2.45, 2.75) is 19.3 Å². The van der Waals surface area contributed by atoms with Gasteiger partial charge in [0.15, 0.2) is 5.11 Å². The number of rotatable bonds is 5. The maximum Gasteiger partial charge on any atom is 0.416 e. The lowest BCUT2D eigenvalue weighted by atomic mass is 10.2. The second-order valence-electron chi connectivity index (χ2n) is 5.93. The molecule has 2 aromatic carbocycles. The third-order valence-electron chi connectivity index (χ3n) is 3.87. The Bertz CT molecular complexity index is 878. The first-order valence-electron chi connectivity index (χ1n) is 8.21. The van der Waals surface area contributed by atoms with Crippen LogP contribution < -0.4 is 5.32 Å². The van der Waals surface area contributed by atoms with E-state index in [9.17, 15) is 13.2 Å². The predicted octanol–water partition coefficient (Wildman–Crippen LogP) is 6.17. The van der Waals surface area contributed by atoms with E-state index >= 15 is 0 Å². The number of alkyl halides is 3. The van der Waals surface area contributed by atoms with Crippen LogP contribution in [0.2, 0.25) is 0 Å². The summed E-state index contributed by atoms with van der Waals surface area (Å²) >= 11 is 7.12. The van der Waals surface area contributed by atoms with E-state index in [0.29, 0.717) is 23.9 Å². The molecule has 0 aliphatic heterocycles. The molecule has 2 nitrogen and oxygen atoms in total. The smallest absolute Gasteiger partial charge is 0.340 e. The van der Waals surface area contributed by atoms with Gasteiger partial charge in [-0.1, -0.05) is 42.5 Å². The van der Waals surface area contributed by atoms with E-state index in [0.717, 1.165) is 22.6 Å². The number of benzene rings is 2. The molecule has 0 atom stereocenters. The number of hydrogen-bond acceptors (Lipinski definition) is 2. The molecule has 0 fully saturated rings. The highest BCUT2D eigenvalue weighted by Crippen LogP contribution is 2.30. The molecule has 1 N–H and O–H groups in total. The fraction of sp³-hybridized carbons (Fsp3) is 0.150. The van der Waals surface area contributed by atoms with Gasteiger partial charge in [-0.25, -0.2) is 0 Å². The molecule has 140 valence electrons. The molecular formula is C20H17F3N2S2. The molecule has 0 aliphatic rings. The van der Waals surface area contributed by atoms with Gasteiger partial charge in [-0.05, 0) is 47.4 Å². The average molecular weight is 406 g/mol. The summed E-state index contributed by atoms with van der Waals surface area (Å²) in [5, 5.41) is 5.32. The van der Waals surface area contributed by atoms with Crippen LogP contribution in [0.4, 0.5) is 18.9 Å². The lowest BCUT2D eigenvalue weighted by Crippen LogP contribution is -2.33. The molecule has 0 radical (unpaired) electrons. The van der Waals surface area contributed by atoms with Crippen molar-refractivity contribution in [3.05, 3.63) is 88.1 Å². The molecule has 27 heavy (non-hydrogen) atoms. The van der Waals surface area contributed by atoms with E-state index in [-0.39, 0.29) is 0 Å². The highest BCUT2D eigenvalue weighted by molar-refractivity contribution is 7.80. The van der Waals surface area contributed by atoms with E-state index in [1.165, 1.54) is 6.07 Å². The zero-order valence-corrected chi connectivity index (χ0v) is 15.9. The quantitative estimate of drug-likeness (QED) is 0.511. The summed E-state index contributed by atoms with van der Waals surface area (Å²) in [5.41, 5.74) is 0.685. The molecule has 7 heteroatoms. The van der Waals surface area contributed by atoms with Crippen LogP contribution in [0.1, 0.15) is 16.0 Å². The van der Waals surface area contributed by atoms with Crippen molar-refractivity contribution in [1.29, 1.82) is 0 Å². The molecular weight excluding hydrogens is 389 g/mol. The van der Waals surface area contributed by atoms with Gasteiger partial charge < -0.3 is 10.2 Å².